The molecular formula is C22H21N3O4. The van der Waals surface area contributed by atoms with E-state index in [1.54, 1.807) is 11.8 Å². The van der Waals surface area contributed by atoms with Gasteiger partial charge in [0.25, 0.3) is 0 Å². The molecule has 2 aliphatic heterocycles. The number of fused-ring (bicyclic) bond motifs is 2. The molecule has 2 aliphatic rings. The molecule has 0 saturated heterocycles. The second kappa shape index (κ2) is 6.55. The van der Waals surface area contributed by atoms with Crippen LogP contribution in [0.25, 0.3) is 5.69 Å². The Morgan fingerprint density at radius 1 is 1.17 bits per heavy atom. The number of hydrogen-bond acceptors (Lipinski definition) is 5. The maximum atomic E-state index is 12.6. The number of aryl methyl sites for hydroxylation is 2. The summed E-state index contributed by atoms with van der Waals surface area (Å²) in [7, 11) is 1.60. The Kier molecular flexibility index (Phi) is 3.97. The second-order valence-electron chi connectivity index (χ2n) is 7.36. The molecule has 3 heterocycles. The van der Waals surface area contributed by atoms with Gasteiger partial charge in [-0.3, -0.25) is 4.79 Å². The number of methoxy groups -OCH3 is 1. The van der Waals surface area contributed by atoms with E-state index in [0.717, 1.165) is 22.5 Å². The molecule has 7 nitrogen and oxygen atoms in total. The molecule has 0 bridgehead atoms. The number of benzene rings is 2. The lowest BCUT2D eigenvalue weighted by Gasteiger charge is -2.25. The molecule has 5 rings (SSSR count). The fraction of sp³-hybridized carbons (Fsp3) is 0.273. The first-order valence-electron chi connectivity index (χ1n) is 9.49. The standard InChI is InChI=1S/C22H21N3O4/c1-12-4-6-15(7-5-12)25-22-20(13(2)24-25)16(10-19(26)23-22)14-8-17(27-3)21-18(9-14)28-11-29-21/h4-9,16H,10-11H2,1-3H3,(H,23,26). The average Bonchev–Trinajstić information content (AvgIpc) is 3.32. The van der Waals surface area contributed by atoms with Gasteiger partial charge in [-0.25, -0.2) is 4.68 Å². The number of carbonyl (C=O) groups excluding carboxylic acids is 1. The molecule has 1 N–H and O–H groups in total. The highest BCUT2D eigenvalue weighted by Gasteiger charge is 2.34. The van der Waals surface area contributed by atoms with E-state index in [0.29, 0.717) is 29.5 Å². The quantitative estimate of drug-likeness (QED) is 0.737. The molecule has 1 atom stereocenters. The Morgan fingerprint density at radius 2 is 1.97 bits per heavy atom. The zero-order valence-corrected chi connectivity index (χ0v) is 16.5. The second-order valence-corrected chi connectivity index (χ2v) is 7.36. The first-order valence-corrected chi connectivity index (χ1v) is 9.49. The van der Waals surface area contributed by atoms with Gasteiger partial charge in [0.2, 0.25) is 18.4 Å². The van der Waals surface area contributed by atoms with Crippen molar-refractivity contribution in [2.24, 2.45) is 0 Å². The van der Waals surface area contributed by atoms with Crippen LogP contribution in [0.15, 0.2) is 36.4 Å². The van der Waals surface area contributed by atoms with Crippen LogP contribution in [-0.2, 0) is 4.79 Å². The van der Waals surface area contributed by atoms with E-state index in [1.807, 2.05) is 50.2 Å². The van der Waals surface area contributed by atoms with Gasteiger partial charge in [-0.1, -0.05) is 17.7 Å². The van der Waals surface area contributed by atoms with E-state index in [4.69, 9.17) is 19.3 Å². The molecule has 3 aromatic rings. The van der Waals surface area contributed by atoms with Gasteiger partial charge in [0.05, 0.1) is 18.5 Å². The lowest BCUT2D eigenvalue weighted by Crippen LogP contribution is -2.25. The number of nitrogens with one attached hydrogen (secondary N) is 1. The summed E-state index contributed by atoms with van der Waals surface area (Å²) in [6, 6.07) is 11.9. The minimum absolute atomic E-state index is 0.0487. The predicted octanol–water partition coefficient (Wildman–Crippen LogP) is 3.70. The number of anilines is 1. The predicted molar refractivity (Wildman–Crippen MR) is 107 cm³/mol. The van der Waals surface area contributed by atoms with Crippen LogP contribution >= 0.6 is 0 Å². The normalized spacial score (nSPS) is 17.1. The lowest BCUT2D eigenvalue weighted by atomic mass is 9.85. The van der Waals surface area contributed by atoms with Crippen molar-refractivity contribution in [3.8, 4) is 22.9 Å². The van der Waals surface area contributed by atoms with E-state index in [-0.39, 0.29) is 18.6 Å². The third-order valence-electron chi connectivity index (χ3n) is 5.46. The van der Waals surface area contributed by atoms with Crippen LogP contribution in [0.4, 0.5) is 5.82 Å². The smallest absolute Gasteiger partial charge is 0.231 e. The van der Waals surface area contributed by atoms with Crippen molar-refractivity contribution in [2.75, 3.05) is 19.2 Å². The van der Waals surface area contributed by atoms with Crippen LogP contribution in [0.2, 0.25) is 0 Å². The van der Waals surface area contributed by atoms with E-state index in [1.165, 1.54) is 5.56 Å². The van der Waals surface area contributed by atoms with E-state index in [9.17, 15) is 4.79 Å². The number of hydrogen-bond donors (Lipinski definition) is 1. The molecule has 0 aliphatic carbocycles. The average molecular weight is 391 g/mol. The molecule has 1 amide bonds. The maximum absolute atomic E-state index is 12.6. The highest BCUT2D eigenvalue weighted by molar-refractivity contribution is 5.95. The van der Waals surface area contributed by atoms with Gasteiger partial charge in [-0.15, -0.1) is 0 Å². The Bertz CT molecular complexity index is 1120. The van der Waals surface area contributed by atoms with Crippen molar-refractivity contribution >= 4 is 11.7 Å². The fourth-order valence-corrected chi connectivity index (χ4v) is 4.06. The molecule has 7 heteroatoms. The van der Waals surface area contributed by atoms with Crippen molar-refractivity contribution in [1.82, 2.24) is 9.78 Å². The summed E-state index contributed by atoms with van der Waals surface area (Å²) in [4.78, 5) is 12.6. The SMILES string of the molecule is COc1cc(C2CC(=O)Nc3c2c(C)nn3-c2ccc(C)cc2)cc2c1OCO2. The maximum Gasteiger partial charge on any atom is 0.231 e. The molecule has 0 radical (unpaired) electrons. The Balaban J connectivity index is 1.65. The highest BCUT2D eigenvalue weighted by atomic mass is 16.7. The van der Waals surface area contributed by atoms with Crippen LogP contribution in [0, 0.1) is 13.8 Å². The number of amides is 1. The van der Waals surface area contributed by atoms with Gasteiger partial charge in [0, 0.05) is 17.9 Å². The lowest BCUT2D eigenvalue weighted by molar-refractivity contribution is -0.116. The number of aromatic nitrogens is 2. The Morgan fingerprint density at radius 3 is 2.72 bits per heavy atom. The highest BCUT2D eigenvalue weighted by Crippen LogP contribution is 2.47. The molecule has 1 aromatic heterocycles. The minimum atomic E-state index is -0.152. The zero-order chi connectivity index (χ0) is 20.1. The summed E-state index contributed by atoms with van der Waals surface area (Å²) >= 11 is 0. The van der Waals surface area contributed by atoms with Gasteiger partial charge in [0.1, 0.15) is 5.82 Å². The first kappa shape index (κ1) is 17.6. The summed E-state index contributed by atoms with van der Waals surface area (Å²) in [5, 5.41) is 7.75. The monoisotopic (exact) mass is 391 g/mol. The van der Waals surface area contributed by atoms with Crippen molar-refractivity contribution in [1.29, 1.82) is 0 Å². The molecule has 0 saturated carbocycles. The van der Waals surface area contributed by atoms with Gasteiger partial charge in [0.15, 0.2) is 11.5 Å². The topological polar surface area (TPSA) is 74.6 Å². The van der Waals surface area contributed by atoms with Crippen LogP contribution < -0.4 is 19.5 Å². The zero-order valence-electron chi connectivity index (χ0n) is 16.5. The number of carbonyl (C=O) groups is 1. The van der Waals surface area contributed by atoms with Crippen LogP contribution in [-0.4, -0.2) is 29.6 Å². The summed E-state index contributed by atoms with van der Waals surface area (Å²) in [5.41, 5.74) is 4.90. The summed E-state index contributed by atoms with van der Waals surface area (Å²) in [5.74, 6) is 2.35. The van der Waals surface area contributed by atoms with Gasteiger partial charge in [-0.05, 0) is 43.7 Å². The van der Waals surface area contributed by atoms with Crippen molar-refractivity contribution in [2.45, 2.75) is 26.2 Å². The summed E-state index contributed by atoms with van der Waals surface area (Å²) in [6.45, 7) is 4.17. The third kappa shape index (κ3) is 2.81. The summed E-state index contributed by atoms with van der Waals surface area (Å²) < 4.78 is 18.4. The fourth-order valence-electron chi connectivity index (χ4n) is 4.06. The minimum Gasteiger partial charge on any atom is -0.493 e. The van der Waals surface area contributed by atoms with Crippen molar-refractivity contribution in [3.05, 3.63) is 58.8 Å². The van der Waals surface area contributed by atoms with Gasteiger partial charge in [-0.2, -0.15) is 5.10 Å². The number of rotatable bonds is 3. The van der Waals surface area contributed by atoms with Crippen molar-refractivity contribution in [3.63, 3.8) is 0 Å². The molecule has 2 aromatic carbocycles. The van der Waals surface area contributed by atoms with E-state index < -0.39 is 0 Å². The van der Waals surface area contributed by atoms with E-state index >= 15 is 0 Å². The largest absolute Gasteiger partial charge is 0.493 e. The van der Waals surface area contributed by atoms with Crippen LogP contribution in [0.5, 0.6) is 17.2 Å². The molecule has 148 valence electrons. The molecular weight excluding hydrogens is 370 g/mol. The number of nitrogens with zero attached hydrogens (tertiary/aromatic N) is 2. The molecule has 0 fully saturated rings. The van der Waals surface area contributed by atoms with Crippen molar-refractivity contribution < 1.29 is 19.0 Å². The Hall–Kier alpha value is -3.48. The third-order valence-corrected chi connectivity index (χ3v) is 5.46. The Labute approximate surface area is 168 Å². The number of ether oxygens (including phenoxy) is 3. The van der Waals surface area contributed by atoms with Crippen LogP contribution in [0.3, 0.4) is 0 Å². The molecule has 29 heavy (non-hydrogen) atoms. The first-order chi connectivity index (χ1) is 14.0. The molecule has 0 spiro atoms. The molecule has 1 unspecified atom stereocenters. The van der Waals surface area contributed by atoms with Gasteiger partial charge >= 0.3 is 0 Å². The van der Waals surface area contributed by atoms with E-state index in [2.05, 4.69) is 5.32 Å². The summed E-state index contributed by atoms with van der Waals surface area (Å²) in [6.07, 6.45) is 0.330. The van der Waals surface area contributed by atoms with Crippen LogP contribution in [0.1, 0.15) is 34.7 Å². The van der Waals surface area contributed by atoms with Gasteiger partial charge < -0.3 is 19.5 Å².